The van der Waals surface area contributed by atoms with Crippen molar-refractivity contribution in [2.24, 2.45) is 0 Å². The number of rotatable bonds is 3. The molecule has 0 spiro atoms. The second-order valence-electron chi connectivity index (χ2n) is 3.78. The maximum Gasteiger partial charge on any atom is 0.417 e. The highest BCUT2D eigenvalue weighted by Gasteiger charge is 2.43. The van der Waals surface area contributed by atoms with Crippen molar-refractivity contribution in [2.75, 3.05) is 6.61 Å². The molecule has 0 atom stereocenters. The third kappa shape index (κ3) is 3.53. The van der Waals surface area contributed by atoms with Gasteiger partial charge < -0.3 is 4.74 Å². The summed E-state index contributed by atoms with van der Waals surface area (Å²) in [4.78, 5) is 22.1. The molecule has 0 amide bonds. The van der Waals surface area contributed by atoms with E-state index in [0.29, 0.717) is 6.07 Å². The molecule has 0 N–H and O–H groups in total. The topological polar surface area (TPSA) is 43.4 Å². The Kier molecular flexibility index (Phi) is 4.65. The third-order valence-electron chi connectivity index (χ3n) is 2.45. The molecule has 9 heteroatoms. The van der Waals surface area contributed by atoms with Gasteiger partial charge in [-0.2, -0.15) is 26.3 Å². The third-order valence-corrected chi connectivity index (χ3v) is 2.45. The first-order valence-electron chi connectivity index (χ1n) is 5.47. The van der Waals surface area contributed by atoms with E-state index in [2.05, 4.69) is 4.74 Å². The molecule has 0 aliphatic rings. The van der Waals surface area contributed by atoms with Crippen molar-refractivity contribution in [2.45, 2.75) is 19.3 Å². The van der Waals surface area contributed by atoms with E-state index in [4.69, 9.17) is 0 Å². The van der Waals surface area contributed by atoms with Crippen molar-refractivity contribution in [3.8, 4) is 0 Å². The fourth-order valence-electron chi connectivity index (χ4n) is 1.67. The Labute approximate surface area is 114 Å². The zero-order valence-corrected chi connectivity index (χ0v) is 10.4. The van der Waals surface area contributed by atoms with Gasteiger partial charge in [0.2, 0.25) is 0 Å². The number of carbonyl (C=O) groups excluding carboxylic acids is 2. The van der Waals surface area contributed by atoms with Gasteiger partial charge >= 0.3 is 18.3 Å². The summed E-state index contributed by atoms with van der Waals surface area (Å²) in [5.41, 5.74) is -6.50. The predicted molar refractivity (Wildman–Crippen MR) is 57.8 cm³/mol. The molecule has 0 bridgehead atoms. The summed E-state index contributed by atoms with van der Waals surface area (Å²) < 4.78 is 81.1. The Bertz CT molecular complexity index is 559. The maximum atomic E-state index is 12.9. The van der Waals surface area contributed by atoms with Gasteiger partial charge in [0.15, 0.2) is 6.29 Å². The molecule has 0 unspecified atom stereocenters. The van der Waals surface area contributed by atoms with Crippen molar-refractivity contribution < 1.29 is 40.7 Å². The molecule has 0 saturated carbocycles. The van der Waals surface area contributed by atoms with Gasteiger partial charge in [0, 0.05) is 5.56 Å². The second-order valence-corrected chi connectivity index (χ2v) is 3.78. The summed E-state index contributed by atoms with van der Waals surface area (Å²) in [5.74, 6) is -1.46. The summed E-state index contributed by atoms with van der Waals surface area (Å²) in [6.07, 6.45) is -11.1. The van der Waals surface area contributed by atoms with Crippen LogP contribution in [0.3, 0.4) is 0 Å². The average Bonchev–Trinajstić information content (AvgIpc) is 2.34. The van der Waals surface area contributed by atoms with E-state index in [1.54, 1.807) is 0 Å². The van der Waals surface area contributed by atoms with Crippen molar-refractivity contribution in [1.82, 2.24) is 0 Å². The Balaban J connectivity index is 3.71. The van der Waals surface area contributed by atoms with E-state index in [1.807, 2.05) is 0 Å². The molecule has 116 valence electrons. The zero-order chi connectivity index (χ0) is 16.4. The average molecular weight is 314 g/mol. The summed E-state index contributed by atoms with van der Waals surface area (Å²) >= 11 is 0. The molecule has 0 fully saturated rings. The number of halogens is 6. The zero-order valence-electron chi connectivity index (χ0n) is 10.4. The molecule has 3 nitrogen and oxygen atoms in total. The maximum absolute atomic E-state index is 12.9. The minimum Gasteiger partial charge on any atom is -0.462 e. The van der Waals surface area contributed by atoms with Crippen LogP contribution in [0.15, 0.2) is 12.1 Å². The Morgan fingerprint density at radius 3 is 2.10 bits per heavy atom. The van der Waals surface area contributed by atoms with Gasteiger partial charge in [-0.25, -0.2) is 4.79 Å². The van der Waals surface area contributed by atoms with Crippen LogP contribution in [-0.4, -0.2) is 18.9 Å². The number of aldehydes is 1. The van der Waals surface area contributed by atoms with E-state index in [0.717, 1.165) is 0 Å². The fourth-order valence-corrected chi connectivity index (χ4v) is 1.67. The number of hydrogen-bond donors (Lipinski definition) is 0. The lowest BCUT2D eigenvalue weighted by molar-refractivity contribution is -0.143. The van der Waals surface area contributed by atoms with Crippen LogP contribution in [0.2, 0.25) is 0 Å². The van der Waals surface area contributed by atoms with Crippen LogP contribution in [0.1, 0.15) is 38.8 Å². The number of alkyl halides is 6. The highest BCUT2D eigenvalue weighted by molar-refractivity contribution is 5.95. The van der Waals surface area contributed by atoms with Crippen LogP contribution >= 0.6 is 0 Å². The van der Waals surface area contributed by atoms with Gasteiger partial charge in [0.05, 0.1) is 23.3 Å². The lowest BCUT2D eigenvalue weighted by atomic mass is 9.95. The first kappa shape index (κ1) is 17.0. The highest BCUT2D eigenvalue weighted by atomic mass is 19.4. The quantitative estimate of drug-likeness (QED) is 0.485. The van der Waals surface area contributed by atoms with E-state index in [1.165, 1.54) is 6.92 Å². The number of ether oxygens (including phenoxy) is 1. The van der Waals surface area contributed by atoms with Crippen LogP contribution in [0.5, 0.6) is 0 Å². The van der Waals surface area contributed by atoms with Crippen molar-refractivity contribution >= 4 is 12.3 Å². The lowest BCUT2D eigenvalue weighted by Crippen LogP contribution is -2.21. The highest BCUT2D eigenvalue weighted by Crippen LogP contribution is 2.40. The van der Waals surface area contributed by atoms with Gasteiger partial charge in [-0.05, 0) is 19.1 Å². The number of hydrogen-bond acceptors (Lipinski definition) is 3. The molecular weight excluding hydrogens is 306 g/mol. The first-order chi connectivity index (χ1) is 9.54. The molecular formula is C12H8F6O3. The van der Waals surface area contributed by atoms with Crippen LogP contribution in [0, 0.1) is 0 Å². The van der Waals surface area contributed by atoms with Gasteiger partial charge in [-0.1, -0.05) is 0 Å². The molecule has 1 aromatic carbocycles. The molecule has 0 aromatic heterocycles. The molecule has 0 aliphatic heterocycles. The van der Waals surface area contributed by atoms with E-state index in [-0.39, 0.29) is 12.7 Å². The van der Waals surface area contributed by atoms with E-state index >= 15 is 0 Å². The number of benzene rings is 1. The predicted octanol–water partition coefficient (Wildman–Crippen LogP) is 3.71. The Hall–Kier alpha value is -2.06. The largest absolute Gasteiger partial charge is 0.462 e. The first-order valence-corrected chi connectivity index (χ1v) is 5.47. The van der Waals surface area contributed by atoms with Crippen molar-refractivity contribution in [3.63, 3.8) is 0 Å². The van der Waals surface area contributed by atoms with Crippen molar-refractivity contribution in [3.05, 3.63) is 34.4 Å². The van der Waals surface area contributed by atoms with Crippen LogP contribution < -0.4 is 0 Å². The standard InChI is InChI=1S/C12H8F6O3/c1-2-21-10(20)6-3-4-8(11(13,14)15)7(5-19)9(6)12(16,17)18/h3-5H,2H2,1H3. The molecule has 0 heterocycles. The summed E-state index contributed by atoms with van der Waals surface area (Å²) in [5, 5.41) is 0. The minimum atomic E-state index is -5.32. The monoisotopic (exact) mass is 314 g/mol. The normalized spacial score (nSPS) is 12.1. The van der Waals surface area contributed by atoms with Gasteiger partial charge in [0.25, 0.3) is 0 Å². The Morgan fingerprint density at radius 1 is 1.14 bits per heavy atom. The van der Waals surface area contributed by atoms with Gasteiger partial charge in [0.1, 0.15) is 0 Å². The summed E-state index contributed by atoms with van der Waals surface area (Å²) in [6.45, 7) is 1.05. The van der Waals surface area contributed by atoms with Crippen molar-refractivity contribution in [1.29, 1.82) is 0 Å². The molecule has 1 aromatic rings. The van der Waals surface area contributed by atoms with Crippen LogP contribution in [-0.2, 0) is 17.1 Å². The van der Waals surface area contributed by atoms with Crippen LogP contribution in [0.4, 0.5) is 26.3 Å². The SMILES string of the molecule is CCOC(=O)c1ccc(C(F)(F)F)c(C=O)c1C(F)(F)F. The van der Waals surface area contributed by atoms with Gasteiger partial charge in [-0.3, -0.25) is 4.79 Å². The smallest absolute Gasteiger partial charge is 0.417 e. The van der Waals surface area contributed by atoms with Gasteiger partial charge in [-0.15, -0.1) is 0 Å². The summed E-state index contributed by atoms with van der Waals surface area (Å²) in [7, 11) is 0. The Morgan fingerprint density at radius 2 is 1.71 bits per heavy atom. The molecule has 0 radical (unpaired) electrons. The fraction of sp³-hybridized carbons (Fsp3) is 0.333. The van der Waals surface area contributed by atoms with E-state index < -0.39 is 46.9 Å². The second kappa shape index (κ2) is 5.74. The summed E-state index contributed by atoms with van der Waals surface area (Å²) in [6, 6.07) is 0.585. The minimum absolute atomic E-state index is 0.241. The molecule has 0 saturated heterocycles. The molecule has 1 rings (SSSR count). The molecule has 21 heavy (non-hydrogen) atoms. The molecule has 0 aliphatic carbocycles. The van der Waals surface area contributed by atoms with E-state index in [9.17, 15) is 35.9 Å². The lowest BCUT2D eigenvalue weighted by Gasteiger charge is -2.18. The number of esters is 1. The van der Waals surface area contributed by atoms with Crippen LogP contribution in [0.25, 0.3) is 0 Å². The number of carbonyl (C=O) groups is 2.